The molecule has 0 radical (unpaired) electrons. The summed E-state index contributed by atoms with van der Waals surface area (Å²) in [5, 5.41) is 0.448. The fourth-order valence-corrected chi connectivity index (χ4v) is 4.21. The number of carbonyl (C=O) groups is 2. The van der Waals surface area contributed by atoms with Crippen molar-refractivity contribution in [3.63, 3.8) is 0 Å². The summed E-state index contributed by atoms with van der Waals surface area (Å²) in [5.41, 5.74) is 1.77. The van der Waals surface area contributed by atoms with Gasteiger partial charge in [0.05, 0.1) is 20.3 Å². The number of esters is 1. The summed E-state index contributed by atoms with van der Waals surface area (Å²) in [6.45, 7) is 6.57. The van der Waals surface area contributed by atoms with Gasteiger partial charge in [0.25, 0.3) is 5.91 Å². The molecule has 0 aliphatic carbocycles. The second kappa shape index (κ2) is 11.5. The number of benzene rings is 2. The highest BCUT2D eigenvalue weighted by atomic mass is 32.1. The van der Waals surface area contributed by atoms with Gasteiger partial charge in [0, 0.05) is 17.0 Å². The Labute approximate surface area is 197 Å². The number of amides is 1. The van der Waals surface area contributed by atoms with E-state index in [1.54, 1.807) is 36.9 Å². The molecule has 0 saturated carbocycles. The van der Waals surface area contributed by atoms with Crippen molar-refractivity contribution in [3.8, 4) is 11.5 Å². The minimum atomic E-state index is -0.490. The topological polar surface area (TPSA) is 78.0 Å². The van der Waals surface area contributed by atoms with Crippen LogP contribution in [0.25, 0.3) is 0 Å². The molecule has 8 heteroatoms. The number of ether oxygens (including phenoxy) is 3. The Morgan fingerprint density at radius 3 is 2.45 bits per heavy atom. The van der Waals surface area contributed by atoms with Crippen LogP contribution in [0.3, 0.4) is 0 Å². The molecule has 1 amide bonds. The average Bonchev–Trinajstić information content (AvgIpc) is 3.21. The summed E-state index contributed by atoms with van der Waals surface area (Å²) in [7, 11) is 1.54. The Kier molecular flexibility index (Phi) is 8.43. The summed E-state index contributed by atoms with van der Waals surface area (Å²) in [4.78, 5) is 32.7. The van der Waals surface area contributed by atoms with Crippen LogP contribution < -0.4 is 14.4 Å². The van der Waals surface area contributed by atoms with E-state index in [0.29, 0.717) is 46.6 Å². The highest BCUT2D eigenvalue weighted by Gasteiger charge is 2.25. The number of thiazole rings is 1. The summed E-state index contributed by atoms with van der Waals surface area (Å²) >= 11 is 1.29. The summed E-state index contributed by atoms with van der Waals surface area (Å²) in [6.07, 6.45) is 0.633. The zero-order valence-electron chi connectivity index (χ0n) is 19.3. The molecule has 0 atom stereocenters. The molecule has 1 aromatic heterocycles. The molecular formula is C25H28N2O5S. The van der Waals surface area contributed by atoms with Crippen molar-refractivity contribution >= 4 is 28.3 Å². The summed E-state index contributed by atoms with van der Waals surface area (Å²) < 4.78 is 16.1. The lowest BCUT2D eigenvalue weighted by Gasteiger charge is -2.21. The highest BCUT2D eigenvalue weighted by molar-refractivity contribution is 7.16. The predicted molar refractivity (Wildman–Crippen MR) is 129 cm³/mol. The lowest BCUT2D eigenvalue weighted by molar-refractivity contribution is 0.0519. The van der Waals surface area contributed by atoms with Crippen molar-refractivity contribution in [1.82, 2.24) is 4.98 Å². The molecule has 1 heterocycles. The number of methoxy groups -OCH3 is 1. The number of carbonyl (C=O) groups excluding carboxylic acids is 2. The Morgan fingerprint density at radius 1 is 1.03 bits per heavy atom. The molecule has 3 rings (SSSR count). The van der Waals surface area contributed by atoms with Gasteiger partial charge in [-0.15, -0.1) is 11.3 Å². The Balaban J connectivity index is 1.95. The van der Waals surface area contributed by atoms with Crippen molar-refractivity contribution in [3.05, 3.63) is 70.2 Å². The van der Waals surface area contributed by atoms with Gasteiger partial charge in [0.15, 0.2) is 22.3 Å². The van der Waals surface area contributed by atoms with E-state index in [-0.39, 0.29) is 18.2 Å². The first-order valence-electron chi connectivity index (χ1n) is 10.8. The zero-order valence-corrected chi connectivity index (χ0v) is 20.1. The SMILES string of the molecule is CCOC(=O)c1nc(N(CCc2ccccc2)C(=O)c2ccc(OCC)c(OC)c2)sc1C. The van der Waals surface area contributed by atoms with E-state index < -0.39 is 5.97 Å². The number of aromatic nitrogens is 1. The Hall–Kier alpha value is -3.39. The first-order chi connectivity index (χ1) is 16.0. The van der Waals surface area contributed by atoms with Gasteiger partial charge < -0.3 is 14.2 Å². The fourth-order valence-electron chi connectivity index (χ4n) is 3.29. The van der Waals surface area contributed by atoms with Crippen LogP contribution in [-0.4, -0.2) is 43.7 Å². The minimum Gasteiger partial charge on any atom is -0.493 e. The van der Waals surface area contributed by atoms with Crippen molar-refractivity contribution in [1.29, 1.82) is 0 Å². The van der Waals surface area contributed by atoms with E-state index in [4.69, 9.17) is 14.2 Å². The third-order valence-corrected chi connectivity index (χ3v) is 5.90. The van der Waals surface area contributed by atoms with Crippen molar-refractivity contribution in [2.75, 3.05) is 31.8 Å². The fraction of sp³-hybridized carbons (Fsp3) is 0.320. The number of hydrogen-bond acceptors (Lipinski definition) is 7. The van der Waals surface area contributed by atoms with Gasteiger partial charge in [0.2, 0.25) is 0 Å². The molecule has 0 N–H and O–H groups in total. The number of anilines is 1. The molecule has 0 saturated heterocycles. The molecule has 0 aliphatic heterocycles. The first kappa shape index (κ1) is 24.3. The summed E-state index contributed by atoms with van der Waals surface area (Å²) in [6, 6.07) is 15.0. The maximum atomic E-state index is 13.6. The molecule has 3 aromatic rings. The minimum absolute atomic E-state index is 0.235. The van der Waals surface area contributed by atoms with Gasteiger partial charge in [0.1, 0.15) is 0 Å². The Bertz CT molecular complexity index is 1100. The number of aryl methyl sites for hydroxylation is 1. The van der Waals surface area contributed by atoms with Gasteiger partial charge in [-0.3, -0.25) is 9.69 Å². The third kappa shape index (κ3) is 5.90. The third-order valence-electron chi connectivity index (χ3n) is 4.91. The van der Waals surface area contributed by atoms with Crippen molar-refractivity contribution in [2.24, 2.45) is 0 Å². The lowest BCUT2D eigenvalue weighted by atomic mass is 10.1. The molecule has 0 fully saturated rings. The average molecular weight is 469 g/mol. The summed E-state index contributed by atoms with van der Waals surface area (Å²) in [5.74, 6) is 0.322. The van der Waals surface area contributed by atoms with Gasteiger partial charge in [-0.1, -0.05) is 30.3 Å². The number of nitrogens with zero attached hydrogens (tertiary/aromatic N) is 2. The van der Waals surface area contributed by atoms with E-state index in [1.165, 1.54) is 18.4 Å². The second-order valence-corrected chi connectivity index (χ2v) is 8.29. The smallest absolute Gasteiger partial charge is 0.358 e. The van der Waals surface area contributed by atoms with Crippen LogP contribution in [-0.2, 0) is 11.2 Å². The second-order valence-electron chi connectivity index (χ2n) is 7.11. The molecule has 2 aromatic carbocycles. The van der Waals surface area contributed by atoms with Crippen LogP contribution in [0.15, 0.2) is 48.5 Å². The van der Waals surface area contributed by atoms with Gasteiger partial charge in [-0.05, 0) is 51.0 Å². The highest BCUT2D eigenvalue weighted by Crippen LogP contribution is 2.31. The van der Waals surface area contributed by atoms with E-state index >= 15 is 0 Å². The molecule has 0 aliphatic rings. The van der Waals surface area contributed by atoms with Crippen LogP contribution in [0.5, 0.6) is 11.5 Å². The monoisotopic (exact) mass is 468 g/mol. The largest absolute Gasteiger partial charge is 0.493 e. The zero-order chi connectivity index (χ0) is 23.8. The normalized spacial score (nSPS) is 10.5. The Morgan fingerprint density at radius 2 is 1.79 bits per heavy atom. The molecule has 7 nitrogen and oxygen atoms in total. The van der Waals surface area contributed by atoms with Crippen LogP contribution in [0.2, 0.25) is 0 Å². The molecule has 0 spiro atoms. The predicted octanol–water partition coefficient (Wildman–Crippen LogP) is 4.93. The molecule has 174 valence electrons. The van der Waals surface area contributed by atoms with Crippen LogP contribution in [0.4, 0.5) is 5.13 Å². The maximum absolute atomic E-state index is 13.6. The van der Waals surface area contributed by atoms with E-state index in [0.717, 1.165) is 5.56 Å². The first-order valence-corrected chi connectivity index (χ1v) is 11.6. The molecular weight excluding hydrogens is 440 g/mol. The van der Waals surface area contributed by atoms with E-state index in [2.05, 4.69) is 4.98 Å². The quantitative estimate of drug-likeness (QED) is 0.393. The van der Waals surface area contributed by atoms with Crippen LogP contribution in [0.1, 0.15) is 45.1 Å². The molecule has 0 bridgehead atoms. The number of rotatable bonds is 10. The standard InChI is InChI=1S/C25H28N2O5S/c1-5-31-20-13-12-19(16-21(20)30-4)23(28)27(15-14-18-10-8-7-9-11-18)25-26-22(17(3)33-25)24(29)32-6-2/h7-13,16H,5-6,14-15H2,1-4H3. The number of hydrogen-bond donors (Lipinski definition) is 0. The van der Waals surface area contributed by atoms with Crippen molar-refractivity contribution < 1.29 is 23.8 Å². The van der Waals surface area contributed by atoms with Crippen molar-refractivity contribution in [2.45, 2.75) is 27.2 Å². The lowest BCUT2D eigenvalue weighted by Crippen LogP contribution is -2.33. The van der Waals surface area contributed by atoms with E-state index in [1.807, 2.05) is 37.3 Å². The molecule has 0 unspecified atom stereocenters. The van der Waals surface area contributed by atoms with Gasteiger partial charge in [-0.2, -0.15) is 0 Å². The van der Waals surface area contributed by atoms with Gasteiger partial charge >= 0.3 is 5.97 Å². The van der Waals surface area contributed by atoms with Gasteiger partial charge in [-0.25, -0.2) is 9.78 Å². The van der Waals surface area contributed by atoms with Crippen LogP contribution >= 0.6 is 11.3 Å². The molecule has 33 heavy (non-hydrogen) atoms. The van der Waals surface area contributed by atoms with Crippen LogP contribution in [0, 0.1) is 6.92 Å². The maximum Gasteiger partial charge on any atom is 0.358 e. The van der Waals surface area contributed by atoms with E-state index in [9.17, 15) is 9.59 Å².